The van der Waals surface area contributed by atoms with Gasteiger partial charge in [0.2, 0.25) is 5.91 Å². The third-order valence-electron chi connectivity index (χ3n) is 4.71. The molecular weight excluding hydrogens is 383 g/mol. The van der Waals surface area contributed by atoms with Gasteiger partial charge in [-0.2, -0.15) is 0 Å². The van der Waals surface area contributed by atoms with E-state index in [0.717, 1.165) is 31.1 Å². The standard InChI is InChI=1S/C19H15FN4OS2/c1-10-3-2-4-14-16(10)22-18(26-14)23-17(25)11-8-24(9-11)19-21-13-6-5-12(20)7-15(13)27-19/h2-7,11H,8-9H2,1H3,(H,22,23,25). The number of rotatable bonds is 3. The Bertz CT molecular complexity index is 1180. The predicted molar refractivity (Wildman–Crippen MR) is 108 cm³/mol. The lowest BCUT2D eigenvalue weighted by Crippen LogP contribution is -2.52. The first-order valence-corrected chi connectivity index (χ1v) is 10.2. The number of aryl methyl sites for hydroxylation is 1. The quantitative estimate of drug-likeness (QED) is 0.555. The van der Waals surface area contributed by atoms with E-state index in [9.17, 15) is 9.18 Å². The van der Waals surface area contributed by atoms with Crippen molar-refractivity contribution in [3.63, 3.8) is 0 Å². The molecule has 5 rings (SSSR count). The minimum Gasteiger partial charge on any atom is -0.346 e. The molecule has 0 atom stereocenters. The van der Waals surface area contributed by atoms with Gasteiger partial charge in [0.1, 0.15) is 5.82 Å². The summed E-state index contributed by atoms with van der Waals surface area (Å²) in [7, 11) is 0. The summed E-state index contributed by atoms with van der Waals surface area (Å²) in [6, 6.07) is 10.6. The molecule has 0 unspecified atom stereocenters. The Morgan fingerprint density at radius 2 is 2.04 bits per heavy atom. The van der Waals surface area contributed by atoms with Crippen molar-refractivity contribution >= 4 is 59.3 Å². The molecule has 0 bridgehead atoms. The van der Waals surface area contributed by atoms with Gasteiger partial charge >= 0.3 is 0 Å². The zero-order chi connectivity index (χ0) is 18.5. The molecule has 1 aliphatic rings. The summed E-state index contributed by atoms with van der Waals surface area (Å²) >= 11 is 2.94. The van der Waals surface area contributed by atoms with Crippen molar-refractivity contribution in [1.82, 2.24) is 9.97 Å². The summed E-state index contributed by atoms with van der Waals surface area (Å²) in [5.41, 5.74) is 2.83. The highest BCUT2D eigenvalue weighted by Gasteiger charge is 2.34. The van der Waals surface area contributed by atoms with E-state index in [-0.39, 0.29) is 17.6 Å². The van der Waals surface area contributed by atoms with Gasteiger partial charge in [-0.1, -0.05) is 34.8 Å². The number of thiazole rings is 2. The largest absolute Gasteiger partial charge is 0.346 e. The molecule has 27 heavy (non-hydrogen) atoms. The summed E-state index contributed by atoms with van der Waals surface area (Å²) in [6.45, 7) is 3.23. The maximum absolute atomic E-state index is 13.3. The first-order chi connectivity index (χ1) is 13.1. The number of amides is 1. The predicted octanol–water partition coefficient (Wildman–Crippen LogP) is 4.43. The Hall–Kier alpha value is -2.58. The number of carbonyl (C=O) groups is 1. The molecule has 2 aromatic carbocycles. The zero-order valence-electron chi connectivity index (χ0n) is 14.4. The molecule has 2 aromatic heterocycles. The van der Waals surface area contributed by atoms with Crippen molar-refractivity contribution in [2.45, 2.75) is 6.92 Å². The molecule has 3 heterocycles. The molecule has 4 aromatic rings. The summed E-state index contributed by atoms with van der Waals surface area (Å²) in [5, 5.41) is 4.41. The van der Waals surface area contributed by atoms with E-state index in [1.807, 2.05) is 25.1 Å². The lowest BCUT2D eigenvalue weighted by atomic mass is 10.0. The van der Waals surface area contributed by atoms with Crippen LogP contribution in [0.1, 0.15) is 5.56 Å². The third-order valence-corrected chi connectivity index (χ3v) is 6.73. The van der Waals surface area contributed by atoms with Gasteiger partial charge in [-0.05, 0) is 36.8 Å². The van der Waals surface area contributed by atoms with Crippen LogP contribution < -0.4 is 10.2 Å². The maximum atomic E-state index is 13.3. The fourth-order valence-electron chi connectivity index (χ4n) is 3.17. The summed E-state index contributed by atoms with van der Waals surface area (Å²) in [5.74, 6) is -0.374. The molecule has 0 spiro atoms. The van der Waals surface area contributed by atoms with Crippen LogP contribution in [0.3, 0.4) is 0 Å². The Morgan fingerprint density at radius 3 is 2.85 bits per heavy atom. The Balaban J connectivity index is 1.26. The number of benzene rings is 2. The number of para-hydroxylation sites is 1. The van der Waals surface area contributed by atoms with Crippen molar-refractivity contribution in [1.29, 1.82) is 0 Å². The molecule has 1 fully saturated rings. The van der Waals surface area contributed by atoms with Crippen LogP contribution >= 0.6 is 22.7 Å². The van der Waals surface area contributed by atoms with E-state index in [1.54, 1.807) is 6.07 Å². The monoisotopic (exact) mass is 398 g/mol. The minimum absolute atomic E-state index is 0.0184. The van der Waals surface area contributed by atoms with E-state index in [4.69, 9.17) is 0 Å². The Kier molecular flexibility index (Phi) is 3.84. The van der Waals surface area contributed by atoms with Crippen LogP contribution in [0.15, 0.2) is 36.4 Å². The van der Waals surface area contributed by atoms with Crippen LogP contribution in [-0.4, -0.2) is 29.0 Å². The van der Waals surface area contributed by atoms with Gasteiger partial charge in [-0.25, -0.2) is 14.4 Å². The number of nitrogens with zero attached hydrogens (tertiary/aromatic N) is 3. The van der Waals surface area contributed by atoms with Gasteiger partial charge in [0.15, 0.2) is 10.3 Å². The second-order valence-electron chi connectivity index (χ2n) is 6.64. The highest BCUT2D eigenvalue weighted by Crippen LogP contribution is 2.34. The highest BCUT2D eigenvalue weighted by molar-refractivity contribution is 7.22. The normalized spacial score (nSPS) is 14.7. The summed E-state index contributed by atoms with van der Waals surface area (Å²) in [6.07, 6.45) is 0. The van der Waals surface area contributed by atoms with Gasteiger partial charge in [0.05, 0.1) is 26.4 Å². The fourth-order valence-corrected chi connectivity index (χ4v) is 5.12. The van der Waals surface area contributed by atoms with Crippen molar-refractivity contribution in [3.05, 3.63) is 47.8 Å². The van der Waals surface area contributed by atoms with Crippen molar-refractivity contribution < 1.29 is 9.18 Å². The van der Waals surface area contributed by atoms with Crippen molar-refractivity contribution in [2.24, 2.45) is 5.92 Å². The molecule has 0 radical (unpaired) electrons. The molecule has 1 amide bonds. The molecule has 1 N–H and O–H groups in total. The molecule has 0 aliphatic carbocycles. The Labute approximate surface area is 162 Å². The van der Waals surface area contributed by atoms with Crippen LogP contribution in [0.25, 0.3) is 20.4 Å². The van der Waals surface area contributed by atoms with E-state index < -0.39 is 0 Å². The van der Waals surface area contributed by atoms with Gasteiger partial charge in [0, 0.05) is 13.1 Å². The van der Waals surface area contributed by atoms with Crippen molar-refractivity contribution in [3.8, 4) is 0 Å². The van der Waals surface area contributed by atoms with Crippen LogP contribution in [0.2, 0.25) is 0 Å². The average molecular weight is 398 g/mol. The first kappa shape index (κ1) is 16.6. The second-order valence-corrected chi connectivity index (χ2v) is 8.68. The Morgan fingerprint density at radius 1 is 1.19 bits per heavy atom. The number of hydrogen-bond acceptors (Lipinski definition) is 6. The van der Waals surface area contributed by atoms with Gasteiger partial charge in [-0.3, -0.25) is 4.79 Å². The molecule has 1 aliphatic heterocycles. The number of carbonyl (C=O) groups excluding carboxylic acids is 1. The lowest BCUT2D eigenvalue weighted by Gasteiger charge is -2.37. The van der Waals surface area contributed by atoms with Crippen LogP contribution in [0, 0.1) is 18.7 Å². The van der Waals surface area contributed by atoms with E-state index in [2.05, 4.69) is 20.2 Å². The van der Waals surface area contributed by atoms with E-state index in [1.165, 1.54) is 34.8 Å². The fraction of sp³-hybridized carbons (Fsp3) is 0.211. The van der Waals surface area contributed by atoms with Gasteiger partial charge in [-0.15, -0.1) is 0 Å². The summed E-state index contributed by atoms with van der Waals surface area (Å²) in [4.78, 5) is 23.6. The topological polar surface area (TPSA) is 58.1 Å². The van der Waals surface area contributed by atoms with Gasteiger partial charge in [0.25, 0.3) is 0 Å². The number of halogens is 1. The number of anilines is 2. The first-order valence-electron chi connectivity index (χ1n) is 8.55. The molecule has 8 heteroatoms. The molecular formula is C19H15FN4OS2. The zero-order valence-corrected chi connectivity index (χ0v) is 16.0. The van der Waals surface area contributed by atoms with Gasteiger partial charge < -0.3 is 10.2 Å². The number of fused-ring (bicyclic) bond motifs is 2. The number of hydrogen-bond donors (Lipinski definition) is 1. The third kappa shape index (κ3) is 2.94. The maximum Gasteiger partial charge on any atom is 0.232 e. The average Bonchev–Trinajstić information content (AvgIpc) is 3.17. The van der Waals surface area contributed by atoms with Crippen LogP contribution in [0.4, 0.5) is 14.7 Å². The summed E-state index contributed by atoms with van der Waals surface area (Å²) < 4.78 is 15.2. The van der Waals surface area contributed by atoms with Crippen LogP contribution in [-0.2, 0) is 4.79 Å². The lowest BCUT2D eigenvalue weighted by molar-refractivity contribution is -0.120. The minimum atomic E-state index is -0.260. The second kappa shape index (κ2) is 6.24. The highest BCUT2D eigenvalue weighted by atomic mass is 32.1. The molecule has 5 nitrogen and oxygen atoms in total. The number of nitrogens with one attached hydrogen (secondary N) is 1. The SMILES string of the molecule is Cc1cccc2sc(NC(=O)C3CN(c4nc5ccc(F)cc5s4)C3)nc12. The molecule has 0 saturated carbocycles. The number of aromatic nitrogens is 2. The molecule has 136 valence electrons. The smallest absolute Gasteiger partial charge is 0.232 e. The van der Waals surface area contributed by atoms with Crippen LogP contribution in [0.5, 0.6) is 0 Å². The van der Waals surface area contributed by atoms with Crippen molar-refractivity contribution in [2.75, 3.05) is 23.3 Å². The molecule has 1 saturated heterocycles. The van der Waals surface area contributed by atoms with E-state index >= 15 is 0 Å². The van der Waals surface area contributed by atoms with E-state index in [0.29, 0.717) is 18.2 Å².